The number of aryl methyl sites for hydroxylation is 1. The number of fused-ring (bicyclic) bond motifs is 1. The standard InChI is InChI=1S/C17H15N3O3/c1-23-12-7-15(21)16(19-9-12)17(22)20-14-5-3-11-6-10(8-18)2-4-13(11)14/h2,4,6-7,9,14,21H,3,5H2,1H3,(H,20,22)/t14-/m1/s1. The van der Waals surface area contributed by atoms with E-state index in [1.807, 2.05) is 12.1 Å². The number of ether oxygens (including phenoxy) is 1. The average molecular weight is 309 g/mol. The normalized spacial score (nSPS) is 15.6. The molecule has 0 radical (unpaired) electrons. The molecule has 2 aromatic rings. The fourth-order valence-corrected chi connectivity index (χ4v) is 2.78. The highest BCUT2D eigenvalue weighted by Gasteiger charge is 2.26. The third-order valence-corrected chi connectivity index (χ3v) is 3.95. The first-order chi connectivity index (χ1) is 11.1. The maximum absolute atomic E-state index is 12.3. The molecule has 0 bridgehead atoms. The topological polar surface area (TPSA) is 95.2 Å². The van der Waals surface area contributed by atoms with E-state index in [1.165, 1.54) is 19.4 Å². The molecule has 6 heteroatoms. The first-order valence-electron chi connectivity index (χ1n) is 7.19. The lowest BCUT2D eigenvalue weighted by atomic mass is 10.1. The summed E-state index contributed by atoms with van der Waals surface area (Å²) in [5, 5.41) is 21.7. The monoisotopic (exact) mass is 309 g/mol. The zero-order valence-electron chi connectivity index (χ0n) is 12.5. The average Bonchev–Trinajstić information content (AvgIpc) is 2.96. The molecule has 0 saturated heterocycles. The summed E-state index contributed by atoms with van der Waals surface area (Å²) in [6, 6.07) is 8.78. The Hall–Kier alpha value is -3.07. The minimum absolute atomic E-state index is 0.0344. The van der Waals surface area contributed by atoms with E-state index in [0.29, 0.717) is 11.3 Å². The van der Waals surface area contributed by atoms with Gasteiger partial charge in [0.05, 0.1) is 31.0 Å². The van der Waals surface area contributed by atoms with E-state index in [0.717, 1.165) is 24.0 Å². The molecule has 116 valence electrons. The van der Waals surface area contributed by atoms with Crippen molar-refractivity contribution in [2.75, 3.05) is 7.11 Å². The van der Waals surface area contributed by atoms with Gasteiger partial charge < -0.3 is 15.2 Å². The van der Waals surface area contributed by atoms with Gasteiger partial charge in [-0.2, -0.15) is 5.26 Å². The summed E-state index contributed by atoms with van der Waals surface area (Å²) in [5.74, 6) is -0.276. The number of aromatic hydroxyl groups is 1. The Bertz CT molecular complexity index is 811. The first kappa shape index (κ1) is 14.9. The van der Waals surface area contributed by atoms with E-state index in [1.54, 1.807) is 6.07 Å². The zero-order valence-corrected chi connectivity index (χ0v) is 12.5. The van der Waals surface area contributed by atoms with Crippen molar-refractivity contribution in [2.24, 2.45) is 0 Å². The van der Waals surface area contributed by atoms with E-state index in [2.05, 4.69) is 16.4 Å². The van der Waals surface area contributed by atoms with Crippen molar-refractivity contribution in [2.45, 2.75) is 18.9 Å². The van der Waals surface area contributed by atoms with Crippen molar-refractivity contribution >= 4 is 5.91 Å². The Morgan fingerprint density at radius 3 is 3.00 bits per heavy atom. The summed E-state index contributed by atoms with van der Waals surface area (Å²) < 4.78 is 4.95. The van der Waals surface area contributed by atoms with Crippen molar-refractivity contribution in [3.8, 4) is 17.6 Å². The van der Waals surface area contributed by atoms with Gasteiger partial charge >= 0.3 is 0 Å². The van der Waals surface area contributed by atoms with E-state index >= 15 is 0 Å². The van der Waals surface area contributed by atoms with Crippen LogP contribution in [0, 0.1) is 11.3 Å². The van der Waals surface area contributed by atoms with Crippen LogP contribution in [0.15, 0.2) is 30.5 Å². The van der Waals surface area contributed by atoms with Crippen LogP contribution in [0.2, 0.25) is 0 Å². The lowest BCUT2D eigenvalue weighted by Gasteiger charge is -2.14. The molecule has 0 fully saturated rings. The molecule has 0 spiro atoms. The van der Waals surface area contributed by atoms with E-state index in [-0.39, 0.29) is 17.5 Å². The van der Waals surface area contributed by atoms with Crippen molar-refractivity contribution in [1.82, 2.24) is 10.3 Å². The number of hydrogen-bond acceptors (Lipinski definition) is 5. The smallest absolute Gasteiger partial charge is 0.274 e. The van der Waals surface area contributed by atoms with Gasteiger partial charge in [-0.3, -0.25) is 4.79 Å². The van der Waals surface area contributed by atoms with E-state index < -0.39 is 5.91 Å². The predicted octanol–water partition coefficient (Wildman–Crippen LogP) is 2.08. The van der Waals surface area contributed by atoms with Crippen LogP contribution < -0.4 is 10.1 Å². The summed E-state index contributed by atoms with van der Waals surface area (Å²) in [6.45, 7) is 0. The SMILES string of the molecule is COc1cnc(C(=O)N[C@@H]2CCc3cc(C#N)ccc32)c(O)c1. The Labute approximate surface area is 133 Å². The van der Waals surface area contributed by atoms with Gasteiger partial charge in [0, 0.05) is 6.07 Å². The zero-order chi connectivity index (χ0) is 16.4. The molecule has 3 rings (SSSR count). The van der Waals surface area contributed by atoms with Crippen LogP contribution in [-0.2, 0) is 6.42 Å². The van der Waals surface area contributed by atoms with Crippen molar-refractivity contribution in [3.05, 3.63) is 52.8 Å². The Morgan fingerprint density at radius 1 is 1.48 bits per heavy atom. The first-order valence-corrected chi connectivity index (χ1v) is 7.19. The lowest BCUT2D eigenvalue weighted by molar-refractivity contribution is 0.0928. The maximum atomic E-state index is 12.3. The summed E-state index contributed by atoms with van der Waals surface area (Å²) in [6.07, 6.45) is 2.95. The van der Waals surface area contributed by atoms with Crippen LogP contribution in [0.4, 0.5) is 0 Å². The number of rotatable bonds is 3. The predicted molar refractivity (Wildman–Crippen MR) is 82.1 cm³/mol. The quantitative estimate of drug-likeness (QED) is 0.905. The number of methoxy groups -OCH3 is 1. The van der Waals surface area contributed by atoms with Gasteiger partial charge in [0.15, 0.2) is 11.4 Å². The van der Waals surface area contributed by atoms with Gasteiger partial charge in [-0.25, -0.2) is 4.98 Å². The molecule has 0 unspecified atom stereocenters. The fraction of sp³-hybridized carbons (Fsp3) is 0.235. The van der Waals surface area contributed by atoms with Crippen LogP contribution in [-0.4, -0.2) is 23.1 Å². The molecule has 1 amide bonds. The molecule has 0 saturated carbocycles. The van der Waals surface area contributed by atoms with Crippen molar-refractivity contribution < 1.29 is 14.6 Å². The third kappa shape index (κ3) is 2.81. The lowest BCUT2D eigenvalue weighted by Crippen LogP contribution is -2.28. The third-order valence-electron chi connectivity index (χ3n) is 3.95. The molecular weight excluding hydrogens is 294 g/mol. The van der Waals surface area contributed by atoms with Crippen LogP contribution in [0.1, 0.15) is 39.6 Å². The Morgan fingerprint density at radius 2 is 2.30 bits per heavy atom. The van der Waals surface area contributed by atoms with Gasteiger partial charge in [0.2, 0.25) is 0 Å². The number of carbonyl (C=O) groups excluding carboxylic acids is 1. The number of nitriles is 1. The van der Waals surface area contributed by atoms with E-state index in [9.17, 15) is 9.90 Å². The summed E-state index contributed by atoms with van der Waals surface area (Å²) in [5.41, 5.74) is 2.66. The summed E-state index contributed by atoms with van der Waals surface area (Å²) >= 11 is 0. The number of nitrogens with zero attached hydrogens (tertiary/aromatic N) is 2. The number of amides is 1. The van der Waals surface area contributed by atoms with Crippen LogP contribution >= 0.6 is 0 Å². The van der Waals surface area contributed by atoms with E-state index in [4.69, 9.17) is 10.00 Å². The molecule has 1 aliphatic rings. The molecule has 1 aromatic heterocycles. The van der Waals surface area contributed by atoms with Gasteiger partial charge in [-0.1, -0.05) is 6.07 Å². The highest BCUT2D eigenvalue weighted by molar-refractivity contribution is 5.95. The fourth-order valence-electron chi connectivity index (χ4n) is 2.78. The van der Waals surface area contributed by atoms with Crippen molar-refractivity contribution in [3.63, 3.8) is 0 Å². The Kier molecular flexibility index (Phi) is 3.85. The van der Waals surface area contributed by atoms with Gasteiger partial charge in [-0.15, -0.1) is 0 Å². The minimum atomic E-state index is -0.438. The maximum Gasteiger partial charge on any atom is 0.274 e. The number of aromatic nitrogens is 1. The Balaban J connectivity index is 1.79. The largest absolute Gasteiger partial charge is 0.505 e. The highest BCUT2D eigenvalue weighted by Crippen LogP contribution is 2.32. The second kappa shape index (κ2) is 5.97. The molecular formula is C17H15N3O3. The summed E-state index contributed by atoms with van der Waals surface area (Å²) in [7, 11) is 1.46. The van der Waals surface area contributed by atoms with Gasteiger partial charge in [0.25, 0.3) is 5.91 Å². The molecule has 1 aliphatic carbocycles. The number of nitrogens with one attached hydrogen (secondary N) is 1. The second-order valence-electron chi connectivity index (χ2n) is 5.33. The van der Waals surface area contributed by atoms with Crippen LogP contribution in [0.3, 0.4) is 0 Å². The number of hydrogen-bond donors (Lipinski definition) is 2. The molecule has 6 nitrogen and oxygen atoms in total. The molecule has 23 heavy (non-hydrogen) atoms. The molecule has 1 atom stereocenters. The van der Waals surface area contributed by atoms with Gasteiger partial charge in [0.1, 0.15) is 5.75 Å². The number of benzene rings is 1. The van der Waals surface area contributed by atoms with Crippen molar-refractivity contribution in [1.29, 1.82) is 5.26 Å². The highest BCUT2D eigenvalue weighted by atomic mass is 16.5. The van der Waals surface area contributed by atoms with Crippen LogP contribution in [0.25, 0.3) is 0 Å². The van der Waals surface area contributed by atoms with Gasteiger partial charge in [-0.05, 0) is 36.1 Å². The second-order valence-corrected chi connectivity index (χ2v) is 5.33. The number of pyridine rings is 1. The number of carbonyl (C=O) groups is 1. The van der Waals surface area contributed by atoms with Crippen LogP contribution in [0.5, 0.6) is 11.5 Å². The molecule has 2 N–H and O–H groups in total. The molecule has 1 heterocycles. The summed E-state index contributed by atoms with van der Waals surface area (Å²) in [4.78, 5) is 16.3. The molecule has 0 aliphatic heterocycles. The molecule has 1 aromatic carbocycles. The minimum Gasteiger partial charge on any atom is -0.505 e.